The molecule has 2 atom stereocenters. The minimum Gasteiger partial charge on any atom is -0.388 e. The first-order chi connectivity index (χ1) is 9.74. The Balaban J connectivity index is 1.85. The fourth-order valence-corrected chi connectivity index (χ4v) is 3.25. The standard InChI is InChI=1S/C18H29NO/c1-3-15-8-10-16(11-9-15)18(20)12-14-19-13-6-5-7-17(19)4-2/h8-11,17-18,20H,3-7,12-14H2,1-2H3. The zero-order valence-electron chi connectivity index (χ0n) is 13.0. The zero-order valence-corrected chi connectivity index (χ0v) is 13.0. The lowest BCUT2D eigenvalue weighted by molar-refractivity contribution is 0.101. The van der Waals surface area contributed by atoms with Crippen LogP contribution >= 0.6 is 0 Å². The fourth-order valence-electron chi connectivity index (χ4n) is 3.25. The van der Waals surface area contributed by atoms with Gasteiger partial charge in [0.05, 0.1) is 6.10 Å². The first kappa shape index (κ1) is 15.5. The van der Waals surface area contributed by atoms with Crippen molar-refractivity contribution >= 4 is 0 Å². The van der Waals surface area contributed by atoms with Gasteiger partial charge in [-0.15, -0.1) is 0 Å². The summed E-state index contributed by atoms with van der Waals surface area (Å²) in [4.78, 5) is 2.58. The molecule has 1 aliphatic heterocycles. The maximum atomic E-state index is 10.3. The SMILES string of the molecule is CCc1ccc(C(O)CCN2CCCCC2CC)cc1. The third kappa shape index (κ3) is 4.07. The maximum Gasteiger partial charge on any atom is 0.0802 e. The van der Waals surface area contributed by atoms with Gasteiger partial charge in [0.1, 0.15) is 0 Å². The van der Waals surface area contributed by atoms with Crippen molar-refractivity contribution in [2.75, 3.05) is 13.1 Å². The highest BCUT2D eigenvalue weighted by Gasteiger charge is 2.21. The number of hydrogen-bond acceptors (Lipinski definition) is 2. The van der Waals surface area contributed by atoms with Gasteiger partial charge in [0.25, 0.3) is 0 Å². The minimum absolute atomic E-state index is 0.319. The van der Waals surface area contributed by atoms with Crippen LogP contribution in [0.25, 0.3) is 0 Å². The normalized spacial score (nSPS) is 21.9. The second-order valence-corrected chi connectivity index (χ2v) is 5.99. The van der Waals surface area contributed by atoms with Gasteiger partial charge in [0.15, 0.2) is 0 Å². The van der Waals surface area contributed by atoms with Crippen LogP contribution in [0.15, 0.2) is 24.3 Å². The molecule has 1 aliphatic rings. The van der Waals surface area contributed by atoms with Crippen molar-refractivity contribution in [3.05, 3.63) is 35.4 Å². The van der Waals surface area contributed by atoms with Crippen LogP contribution in [0.3, 0.4) is 0 Å². The Morgan fingerprint density at radius 2 is 1.95 bits per heavy atom. The quantitative estimate of drug-likeness (QED) is 0.850. The van der Waals surface area contributed by atoms with E-state index in [1.807, 2.05) is 0 Å². The molecule has 0 saturated carbocycles. The van der Waals surface area contributed by atoms with Crippen LogP contribution in [0.5, 0.6) is 0 Å². The van der Waals surface area contributed by atoms with Crippen molar-refractivity contribution in [3.8, 4) is 0 Å². The summed E-state index contributed by atoms with van der Waals surface area (Å²) in [6.45, 7) is 6.67. The monoisotopic (exact) mass is 275 g/mol. The highest BCUT2D eigenvalue weighted by atomic mass is 16.3. The topological polar surface area (TPSA) is 23.5 Å². The van der Waals surface area contributed by atoms with Crippen LogP contribution in [0, 0.1) is 0 Å². The van der Waals surface area contributed by atoms with Crippen molar-refractivity contribution < 1.29 is 5.11 Å². The molecule has 1 heterocycles. The van der Waals surface area contributed by atoms with E-state index in [0.29, 0.717) is 0 Å². The van der Waals surface area contributed by atoms with Gasteiger partial charge in [-0.2, -0.15) is 0 Å². The lowest BCUT2D eigenvalue weighted by Crippen LogP contribution is -2.40. The molecule has 0 spiro atoms. The first-order valence-electron chi connectivity index (χ1n) is 8.25. The molecule has 0 amide bonds. The van der Waals surface area contributed by atoms with Crippen molar-refractivity contribution in [2.24, 2.45) is 0 Å². The van der Waals surface area contributed by atoms with E-state index in [9.17, 15) is 5.11 Å². The van der Waals surface area contributed by atoms with Crippen LogP contribution in [-0.2, 0) is 6.42 Å². The van der Waals surface area contributed by atoms with Gasteiger partial charge in [0, 0.05) is 12.6 Å². The number of aliphatic hydroxyl groups is 1. The van der Waals surface area contributed by atoms with E-state index in [2.05, 4.69) is 43.0 Å². The number of rotatable bonds is 6. The van der Waals surface area contributed by atoms with Gasteiger partial charge >= 0.3 is 0 Å². The molecule has 0 radical (unpaired) electrons. The fraction of sp³-hybridized carbons (Fsp3) is 0.667. The lowest BCUT2D eigenvalue weighted by Gasteiger charge is -2.35. The van der Waals surface area contributed by atoms with Gasteiger partial charge in [0.2, 0.25) is 0 Å². The summed E-state index contributed by atoms with van der Waals surface area (Å²) < 4.78 is 0. The lowest BCUT2D eigenvalue weighted by atomic mass is 9.98. The average molecular weight is 275 g/mol. The smallest absolute Gasteiger partial charge is 0.0802 e. The molecule has 1 aromatic rings. The highest BCUT2D eigenvalue weighted by molar-refractivity contribution is 5.24. The van der Waals surface area contributed by atoms with Gasteiger partial charge in [-0.3, -0.25) is 0 Å². The largest absolute Gasteiger partial charge is 0.388 e. The predicted octanol–water partition coefficient (Wildman–Crippen LogP) is 3.94. The van der Waals surface area contributed by atoms with E-state index >= 15 is 0 Å². The number of aliphatic hydroxyl groups excluding tert-OH is 1. The number of aryl methyl sites for hydroxylation is 1. The number of hydrogen-bond donors (Lipinski definition) is 1. The summed E-state index contributed by atoms with van der Waals surface area (Å²) in [5, 5.41) is 10.3. The van der Waals surface area contributed by atoms with Crippen LogP contribution in [0.2, 0.25) is 0 Å². The first-order valence-corrected chi connectivity index (χ1v) is 8.25. The van der Waals surface area contributed by atoms with E-state index in [4.69, 9.17) is 0 Å². The van der Waals surface area contributed by atoms with Crippen molar-refractivity contribution in [2.45, 2.75) is 64.5 Å². The van der Waals surface area contributed by atoms with E-state index < -0.39 is 0 Å². The summed E-state index contributed by atoms with van der Waals surface area (Å²) >= 11 is 0. The van der Waals surface area contributed by atoms with Crippen molar-refractivity contribution in [1.29, 1.82) is 0 Å². The van der Waals surface area contributed by atoms with E-state index in [-0.39, 0.29) is 6.10 Å². The molecule has 0 aromatic heterocycles. The Hall–Kier alpha value is -0.860. The van der Waals surface area contributed by atoms with E-state index in [1.54, 1.807) is 0 Å². The Morgan fingerprint density at radius 3 is 2.60 bits per heavy atom. The third-order valence-electron chi connectivity index (χ3n) is 4.68. The van der Waals surface area contributed by atoms with Crippen LogP contribution < -0.4 is 0 Å². The van der Waals surface area contributed by atoms with Crippen LogP contribution in [0.4, 0.5) is 0 Å². The summed E-state index contributed by atoms with van der Waals surface area (Å²) in [5.41, 5.74) is 2.40. The molecular weight excluding hydrogens is 246 g/mol. The molecular formula is C18H29NO. The summed E-state index contributed by atoms with van der Waals surface area (Å²) in [5.74, 6) is 0. The zero-order chi connectivity index (χ0) is 14.4. The molecule has 2 heteroatoms. The molecule has 20 heavy (non-hydrogen) atoms. The number of nitrogens with zero attached hydrogens (tertiary/aromatic N) is 1. The molecule has 2 rings (SSSR count). The molecule has 2 unspecified atom stereocenters. The molecule has 1 fully saturated rings. The second-order valence-electron chi connectivity index (χ2n) is 5.99. The minimum atomic E-state index is -0.319. The molecule has 2 nitrogen and oxygen atoms in total. The molecule has 1 saturated heterocycles. The molecule has 1 aromatic carbocycles. The maximum absolute atomic E-state index is 10.3. The number of benzene rings is 1. The Morgan fingerprint density at radius 1 is 1.20 bits per heavy atom. The Labute approximate surface area is 123 Å². The van der Waals surface area contributed by atoms with E-state index in [0.717, 1.165) is 31.0 Å². The summed E-state index contributed by atoms with van der Waals surface area (Å²) in [7, 11) is 0. The van der Waals surface area contributed by atoms with Gasteiger partial charge < -0.3 is 10.0 Å². The Bertz CT molecular complexity index is 387. The van der Waals surface area contributed by atoms with Crippen molar-refractivity contribution in [3.63, 3.8) is 0 Å². The van der Waals surface area contributed by atoms with Gasteiger partial charge in [-0.05, 0) is 49.8 Å². The average Bonchev–Trinajstić information content (AvgIpc) is 2.53. The number of likely N-dealkylation sites (tertiary alicyclic amines) is 1. The van der Waals surface area contributed by atoms with Crippen LogP contribution in [-0.4, -0.2) is 29.1 Å². The third-order valence-corrected chi connectivity index (χ3v) is 4.68. The molecule has 0 aliphatic carbocycles. The molecule has 112 valence electrons. The predicted molar refractivity (Wildman–Crippen MR) is 84.9 cm³/mol. The van der Waals surface area contributed by atoms with Crippen LogP contribution in [0.1, 0.15) is 63.2 Å². The second kappa shape index (κ2) is 7.80. The molecule has 1 N–H and O–H groups in total. The van der Waals surface area contributed by atoms with E-state index in [1.165, 1.54) is 37.8 Å². The number of piperidine rings is 1. The Kier molecular flexibility index (Phi) is 6.06. The van der Waals surface area contributed by atoms with Gasteiger partial charge in [-0.25, -0.2) is 0 Å². The van der Waals surface area contributed by atoms with Crippen molar-refractivity contribution in [1.82, 2.24) is 4.90 Å². The van der Waals surface area contributed by atoms with Gasteiger partial charge in [-0.1, -0.05) is 44.5 Å². The summed E-state index contributed by atoms with van der Waals surface area (Å²) in [6.07, 6.45) is 6.84. The highest BCUT2D eigenvalue weighted by Crippen LogP contribution is 2.23. The molecule has 0 bridgehead atoms. The summed E-state index contributed by atoms with van der Waals surface area (Å²) in [6, 6.07) is 9.16.